The number of furan rings is 1. The zero-order chi connectivity index (χ0) is 22.4. The van der Waals surface area contributed by atoms with Gasteiger partial charge in [0.1, 0.15) is 11.6 Å². The molecule has 0 fully saturated rings. The predicted octanol–water partition coefficient (Wildman–Crippen LogP) is 3.30. The Kier molecular flexibility index (Phi) is 6.61. The Labute approximate surface area is 176 Å². The molecule has 0 aliphatic carbocycles. The number of nitrogens with one attached hydrogen (secondary N) is 1. The molecule has 0 saturated heterocycles. The molecule has 31 heavy (non-hydrogen) atoms. The number of carbonyl (C=O) groups excluding carboxylic acids is 2. The lowest BCUT2D eigenvalue weighted by Crippen LogP contribution is -2.33. The summed E-state index contributed by atoms with van der Waals surface area (Å²) in [7, 11) is 1.43. The number of rotatable bonds is 8. The van der Waals surface area contributed by atoms with E-state index in [0.29, 0.717) is 11.4 Å². The first kappa shape index (κ1) is 21.5. The molecule has 0 atom stereocenters. The summed E-state index contributed by atoms with van der Waals surface area (Å²) in [4.78, 5) is 36.7. The largest absolute Gasteiger partial charge is 0.477 e. The lowest BCUT2D eigenvalue weighted by molar-refractivity contribution is -0.385. The summed E-state index contributed by atoms with van der Waals surface area (Å²) in [5, 5.41) is 13.8. The Hall–Kier alpha value is -4.21. The quantitative estimate of drug-likeness (QED) is 0.436. The van der Waals surface area contributed by atoms with Crippen LogP contribution < -0.4 is 15.0 Å². The van der Waals surface area contributed by atoms with Gasteiger partial charge < -0.3 is 19.4 Å². The highest BCUT2D eigenvalue weighted by molar-refractivity contribution is 6.04. The number of likely N-dealkylation sites (N-methyl/N-ethyl adjacent to an activating group) is 1. The summed E-state index contributed by atoms with van der Waals surface area (Å²) in [5.41, 5.74) is 0.0815. The van der Waals surface area contributed by atoms with Crippen LogP contribution in [0.15, 0.2) is 65.3 Å². The minimum atomic E-state index is -0.736. The highest BCUT2D eigenvalue weighted by atomic mass is 19.1. The fraction of sp³-hybridized carbons (Fsp3) is 0.143. The second kappa shape index (κ2) is 9.53. The SMILES string of the molecule is CN(C(=O)COc1cc(F)ccc1[N+](=O)[O-])c1ccccc1C(=O)NCc1ccco1. The molecule has 1 aromatic heterocycles. The first-order valence-corrected chi connectivity index (χ1v) is 9.09. The smallest absolute Gasteiger partial charge is 0.311 e. The average molecular weight is 427 g/mol. The maximum absolute atomic E-state index is 13.4. The fourth-order valence-electron chi connectivity index (χ4n) is 2.76. The van der Waals surface area contributed by atoms with E-state index in [9.17, 15) is 24.1 Å². The molecule has 0 spiro atoms. The molecule has 3 rings (SSSR count). The Bertz CT molecular complexity index is 1100. The molecule has 2 aromatic carbocycles. The number of hydrogen-bond donors (Lipinski definition) is 1. The normalized spacial score (nSPS) is 10.4. The van der Waals surface area contributed by atoms with Crippen molar-refractivity contribution >= 4 is 23.2 Å². The topological polar surface area (TPSA) is 115 Å². The average Bonchev–Trinajstić information content (AvgIpc) is 3.28. The summed E-state index contributed by atoms with van der Waals surface area (Å²) in [6.07, 6.45) is 1.49. The highest BCUT2D eigenvalue weighted by Crippen LogP contribution is 2.27. The number of benzene rings is 2. The minimum Gasteiger partial charge on any atom is -0.477 e. The van der Waals surface area contributed by atoms with Crippen LogP contribution in [0, 0.1) is 15.9 Å². The van der Waals surface area contributed by atoms with Crippen LogP contribution >= 0.6 is 0 Å². The van der Waals surface area contributed by atoms with Crippen molar-refractivity contribution in [1.82, 2.24) is 5.32 Å². The van der Waals surface area contributed by atoms with Gasteiger partial charge in [0.15, 0.2) is 6.61 Å². The van der Waals surface area contributed by atoms with E-state index in [0.717, 1.165) is 18.2 Å². The van der Waals surface area contributed by atoms with Gasteiger partial charge in [-0.1, -0.05) is 12.1 Å². The van der Waals surface area contributed by atoms with Crippen LogP contribution in [-0.2, 0) is 11.3 Å². The van der Waals surface area contributed by atoms with Crippen molar-refractivity contribution in [1.29, 1.82) is 0 Å². The van der Waals surface area contributed by atoms with Gasteiger partial charge in [-0.05, 0) is 30.3 Å². The molecule has 3 aromatic rings. The van der Waals surface area contributed by atoms with Gasteiger partial charge >= 0.3 is 5.69 Å². The van der Waals surface area contributed by atoms with Gasteiger partial charge in [-0.3, -0.25) is 19.7 Å². The van der Waals surface area contributed by atoms with Crippen molar-refractivity contribution in [3.8, 4) is 5.75 Å². The Morgan fingerprint density at radius 2 is 1.97 bits per heavy atom. The predicted molar refractivity (Wildman–Crippen MR) is 108 cm³/mol. The molecule has 0 aliphatic rings. The van der Waals surface area contributed by atoms with Crippen molar-refractivity contribution in [2.24, 2.45) is 0 Å². The second-order valence-electron chi connectivity index (χ2n) is 6.39. The molecule has 0 aliphatic heterocycles. The zero-order valence-corrected chi connectivity index (χ0v) is 16.4. The van der Waals surface area contributed by atoms with Crippen LogP contribution in [0.1, 0.15) is 16.1 Å². The van der Waals surface area contributed by atoms with E-state index in [-0.39, 0.29) is 17.9 Å². The van der Waals surface area contributed by atoms with Crippen LogP contribution in [0.4, 0.5) is 15.8 Å². The minimum absolute atomic E-state index is 0.171. The third kappa shape index (κ3) is 5.24. The van der Waals surface area contributed by atoms with Crippen molar-refractivity contribution in [3.05, 3.63) is 88.1 Å². The zero-order valence-electron chi connectivity index (χ0n) is 16.4. The molecule has 0 bridgehead atoms. The third-order valence-electron chi connectivity index (χ3n) is 4.36. The van der Waals surface area contributed by atoms with Gasteiger partial charge in [-0.15, -0.1) is 0 Å². The lowest BCUT2D eigenvalue weighted by atomic mass is 10.1. The second-order valence-corrected chi connectivity index (χ2v) is 6.39. The number of anilines is 1. The Morgan fingerprint density at radius 1 is 1.19 bits per heavy atom. The summed E-state index contributed by atoms with van der Waals surface area (Å²) < 4.78 is 23.8. The molecule has 0 unspecified atom stereocenters. The van der Waals surface area contributed by atoms with Gasteiger partial charge in [-0.2, -0.15) is 0 Å². The molecule has 10 heteroatoms. The number of carbonyl (C=O) groups is 2. The number of ether oxygens (including phenoxy) is 1. The fourth-order valence-corrected chi connectivity index (χ4v) is 2.76. The molecule has 0 radical (unpaired) electrons. The summed E-state index contributed by atoms with van der Waals surface area (Å²) in [6, 6.07) is 12.6. The monoisotopic (exact) mass is 427 g/mol. The van der Waals surface area contributed by atoms with E-state index in [1.165, 1.54) is 18.2 Å². The number of nitro groups is 1. The maximum Gasteiger partial charge on any atom is 0.311 e. The van der Waals surface area contributed by atoms with Crippen LogP contribution in [0.25, 0.3) is 0 Å². The van der Waals surface area contributed by atoms with E-state index < -0.39 is 34.8 Å². The van der Waals surface area contributed by atoms with E-state index >= 15 is 0 Å². The van der Waals surface area contributed by atoms with Crippen LogP contribution in [0.2, 0.25) is 0 Å². The van der Waals surface area contributed by atoms with Crippen molar-refractivity contribution in [2.75, 3.05) is 18.6 Å². The number of hydrogen-bond acceptors (Lipinski definition) is 6. The molecular formula is C21H18FN3O6. The van der Waals surface area contributed by atoms with Crippen molar-refractivity contribution < 1.29 is 28.1 Å². The van der Waals surface area contributed by atoms with E-state index in [1.54, 1.807) is 36.4 Å². The van der Waals surface area contributed by atoms with Gasteiger partial charge in [0.05, 0.1) is 29.0 Å². The first-order valence-electron chi connectivity index (χ1n) is 9.09. The number of amides is 2. The van der Waals surface area contributed by atoms with Gasteiger partial charge in [0, 0.05) is 19.2 Å². The standard InChI is InChI=1S/C21H18FN3O6/c1-24(20(26)13-31-19-11-14(22)8-9-18(19)25(28)29)17-7-3-2-6-16(17)21(27)23-12-15-5-4-10-30-15/h2-11H,12-13H2,1H3,(H,23,27). The molecule has 0 saturated carbocycles. The number of nitrogens with zero attached hydrogens (tertiary/aromatic N) is 2. The molecule has 160 valence electrons. The van der Waals surface area contributed by atoms with Crippen LogP contribution in [-0.4, -0.2) is 30.4 Å². The van der Waals surface area contributed by atoms with Crippen LogP contribution in [0.3, 0.4) is 0 Å². The summed E-state index contributed by atoms with van der Waals surface area (Å²) in [6.45, 7) is -0.423. The van der Waals surface area contributed by atoms with Crippen molar-refractivity contribution in [2.45, 2.75) is 6.54 Å². The van der Waals surface area contributed by atoms with E-state index in [1.807, 2.05) is 0 Å². The summed E-state index contributed by atoms with van der Waals surface area (Å²) in [5.74, 6) is -1.55. The van der Waals surface area contributed by atoms with Gasteiger partial charge in [-0.25, -0.2) is 4.39 Å². The van der Waals surface area contributed by atoms with E-state index in [2.05, 4.69) is 5.32 Å². The van der Waals surface area contributed by atoms with E-state index in [4.69, 9.17) is 9.15 Å². The highest BCUT2D eigenvalue weighted by Gasteiger charge is 2.21. The van der Waals surface area contributed by atoms with Crippen LogP contribution in [0.5, 0.6) is 5.75 Å². The Balaban J connectivity index is 1.71. The van der Waals surface area contributed by atoms with Crippen molar-refractivity contribution in [3.63, 3.8) is 0 Å². The maximum atomic E-state index is 13.4. The lowest BCUT2D eigenvalue weighted by Gasteiger charge is -2.20. The Morgan fingerprint density at radius 3 is 2.68 bits per heavy atom. The number of nitro benzene ring substituents is 1. The molecule has 1 N–H and O–H groups in total. The molecule has 2 amide bonds. The van der Waals surface area contributed by atoms with Gasteiger partial charge in [0.25, 0.3) is 11.8 Å². The third-order valence-corrected chi connectivity index (χ3v) is 4.36. The number of halogens is 1. The number of para-hydroxylation sites is 1. The molecule has 1 heterocycles. The van der Waals surface area contributed by atoms with Gasteiger partial charge in [0.2, 0.25) is 5.75 Å². The summed E-state index contributed by atoms with van der Waals surface area (Å²) >= 11 is 0. The molecular weight excluding hydrogens is 409 g/mol. The first-order chi connectivity index (χ1) is 14.9. The molecule has 9 nitrogen and oxygen atoms in total.